The van der Waals surface area contributed by atoms with Crippen molar-refractivity contribution >= 4 is 40.6 Å². The van der Waals surface area contributed by atoms with Crippen LogP contribution in [0.2, 0.25) is 5.02 Å². The van der Waals surface area contributed by atoms with E-state index in [4.69, 9.17) is 11.6 Å². The maximum absolute atomic E-state index is 11.7. The highest BCUT2D eigenvalue weighted by molar-refractivity contribution is 7.09. The third kappa shape index (κ3) is 4.68. The lowest BCUT2D eigenvalue weighted by atomic mass is 10.2. The molecule has 0 unspecified atom stereocenters. The summed E-state index contributed by atoms with van der Waals surface area (Å²) in [4.78, 5) is 23.1. The summed E-state index contributed by atoms with van der Waals surface area (Å²) in [5, 5.41) is 15.6. The van der Waals surface area contributed by atoms with Crippen molar-refractivity contribution in [3.8, 4) is 0 Å². The second-order valence-corrected chi connectivity index (χ2v) is 5.86. The number of carbonyl (C=O) groups is 1. The molecule has 0 spiro atoms. The fourth-order valence-electron chi connectivity index (χ4n) is 1.77. The summed E-state index contributed by atoms with van der Waals surface area (Å²) in [7, 11) is 0. The minimum Gasteiger partial charge on any atom is -0.352 e. The van der Waals surface area contributed by atoms with Crippen molar-refractivity contribution in [2.45, 2.75) is 6.42 Å². The smallest absolute Gasteiger partial charge is 0.288 e. The van der Waals surface area contributed by atoms with Gasteiger partial charge in [0.25, 0.3) is 5.69 Å². The molecule has 22 heavy (non-hydrogen) atoms. The van der Waals surface area contributed by atoms with E-state index >= 15 is 0 Å². The number of benzene rings is 1. The summed E-state index contributed by atoms with van der Waals surface area (Å²) in [6.07, 6.45) is 3.65. The van der Waals surface area contributed by atoms with Crippen LogP contribution in [0, 0.1) is 10.1 Å². The first-order valence-electron chi connectivity index (χ1n) is 6.48. The van der Waals surface area contributed by atoms with Crippen LogP contribution in [0.25, 0.3) is 6.08 Å². The molecule has 7 heteroatoms. The first-order chi connectivity index (χ1) is 10.6. The Kier molecular flexibility index (Phi) is 5.68. The fraction of sp³-hybridized carbons (Fsp3) is 0.133. The average molecular weight is 337 g/mol. The zero-order valence-electron chi connectivity index (χ0n) is 11.5. The number of halogens is 1. The van der Waals surface area contributed by atoms with Gasteiger partial charge in [-0.05, 0) is 35.6 Å². The number of nitrogens with one attached hydrogen (secondary N) is 1. The van der Waals surface area contributed by atoms with Gasteiger partial charge < -0.3 is 5.32 Å². The molecule has 1 aromatic carbocycles. The average Bonchev–Trinajstić information content (AvgIpc) is 2.99. The van der Waals surface area contributed by atoms with Crippen molar-refractivity contribution in [1.82, 2.24) is 5.32 Å². The molecule has 0 saturated carbocycles. The number of nitro groups is 1. The number of nitrogens with zero attached hydrogens (tertiary/aromatic N) is 1. The summed E-state index contributed by atoms with van der Waals surface area (Å²) in [6.45, 7) is 0.546. The van der Waals surface area contributed by atoms with Crippen LogP contribution < -0.4 is 5.32 Å². The molecule has 0 aliphatic rings. The third-order valence-electron chi connectivity index (χ3n) is 2.84. The van der Waals surface area contributed by atoms with Crippen LogP contribution in [0.4, 0.5) is 5.69 Å². The maximum Gasteiger partial charge on any atom is 0.288 e. The first kappa shape index (κ1) is 16.2. The molecule has 114 valence electrons. The number of hydrogen-bond acceptors (Lipinski definition) is 4. The molecule has 1 amide bonds. The number of rotatable bonds is 6. The molecule has 0 aliphatic carbocycles. The van der Waals surface area contributed by atoms with Gasteiger partial charge in [-0.2, -0.15) is 0 Å². The Morgan fingerprint density at radius 2 is 2.23 bits per heavy atom. The largest absolute Gasteiger partial charge is 0.352 e. The molecule has 0 aliphatic heterocycles. The lowest BCUT2D eigenvalue weighted by Gasteiger charge is -2.00. The molecule has 0 atom stereocenters. The highest BCUT2D eigenvalue weighted by Gasteiger charge is 2.11. The monoisotopic (exact) mass is 336 g/mol. The second kappa shape index (κ2) is 7.72. The topological polar surface area (TPSA) is 72.2 Å². The zero-order chi connectivity index (χ0) is 15.9. The highest BCUT2D eigenvalue weighted by atomic mass is 35.5. The van der Waals surface area contributed by atoms with Crippen molar-refractivity contribution in [3.05, 3.63) is 67.4 Å². The Morgan fingerprint density at radius 1 is 1.41 bits per heavy atom. The van der Waals surface area contributed by atoms with E-state index < -0.39 is 4.92 Å². The predicted octanol–water partition coefficient (Wildman–Crippen LogP) is 3.68. The van der Waals surface area contributed by atoms with Crippen molar-refractivity contribution in [3.63, 3.8) is 0 Å². The van der Waals surface area contributed by atoms with Crippen molar-refractivity contribution in [1.29, 1.82) is 0 Å². The summed E-state index contributed by atoms with van der Waals surface area (Å²) >= 11 is 7.37. The van der Waals surface area contributed by atoms with E-state index in [1.54, 1.807) is 17.4 Å². The van der Waals surface area contributed by atoms with E-state index in [9.17, 15) is 14.9 Å². The number of thiophene rings is 1. The van der Waals surface area contributed by atoms with Crippen molar-refractivity contribution in [2.24, 2.45) is 0 Å². The van der Waals surface area contributed by atoms with Gasteiger partial charge in [0, 0.05) is 23.6 Å². The molecule has 5 nitrogen and oxygen atoms in total. The van der Waals surface area contributed by atoms with E-state index in [2.05, 4.69) is 5.32 Å². The van der Waals surface area contributed by atoms with Crippen LogP contribution in [-0.4, -0.2) is 17.4 Å². The Bertz CT molecular complexity index is 699. The molecule has 1 aromatic heterocycles. The molecular weight excluding hydrogens is 324 g/mol. The Labute approximate surface area is 136 Å². The van der Waals surface area contributed by atoms with Gasteiger partial charge in [-0.15, -0.1) is 11.3 Å². The van der Waals surface area contributed by atoms with Gasteiger partial charge in [-0.1, -0.05) is 23.7 Å². The van der Waals surface area contributed by atoms with Gasteiger partial charge in [-0.3, -0.25) is 14.9 Å². The number of nitro benzene ring substituents is 1. The van der Waals surface area contributed by atoms with E-state index in [0.29, 0.717) is 12.1 Å². The third-order valence-corrected chi connectivity index (χ3v) is 4.10. The molecule has 2 rings (SSSR count). The molecule has 0 radical (unpaired) electrons. The second-order valence-electron chi connectivity index (χ2n) is 4.42. The molecule has 0 bridgehead atoms. The Balaban J connectivity index is 1.89. The predicted molar refractivity (Wildman–Crippen MR) is 88.2 cm³/mol. The van der Waals surface area contributed by atoms with Crippen molar-refractivity contribution < 1.29 is 9.72 Å². The molecule has 0 fully saturated rings. The van der Waals surface area contributed by atoms with Gasteiger partial charge in [0.2, 0.25) is 5.91 Å². The van der Waals surface area contributed by atoms with Crippen LogP contribution >= 0.6 is 22.9 Å². The molecule has 1 N–H and O–H groups in total. The molecule has 0 saturated heterocycles. The zero-order valence-corrected chi connectivity index (χ0v) is 13.1. The quantitative estimate of drug-likeness (QED) is 0.497. The van der Waals surface area contributed by atoms with Crippen molar-refractivity contribution in [2.75, 3.05) is 6.54 Å². The minimum atomic E-state index is -0.555. The van der Waals surface area contributed by atoms with Gasteiger partial charge in [0.1, 0.15) is 5.02 Å². The summed E-state index contributed by atoms with van der Waals surface area (Å²) in [5.74, 6) is -0.242. The standard InChI is InChI=1S/C15H13ClN2O3S/c16-13-5-3-11(10-14(13)18(20)21)4-6-15(19)17-8-7-12-2-1-9-22-12/h1-6,9-10H,7-8H2,(H,17,19)/b6-4+. The van der Waals surface area contributed by atoms with E-state index in [1.807, 2.05) is 17.5 Å². The van der Waals surface area contributed by atoms with Gasteiger partial charge in [0.05, 0.1) is 4.92 Å². The Hall–Kier alpha value is -2.18. The molecular formula is C15H13ClN2O3S. The van der Waals surface area contributed by atoms with Crippen LogP contribution in [0.3, 0.4) is 0 Å². The first-order valence-corrected chi connectivity index (χ1v) is 7.74. The number of amides is 1. The van der Waals surface area contributed by atoms with Crippen LogP contribution in [0.15, 0.2) is 41.8 Å². The Morgan fingerprint density at radius 3 is 2.91 bits per heavy atom. The van der Waals surface area contributed by atoms with Gasteiger partial charge in [0.15, 0.2) is 0 Å². The van der Waals surface area contributed by atoms with Gasteiger partial charge >= 0.3 is 0 Å². The van der Waals surface area contributed by atoms with E-state index in [-0.39, 0.29) is 16.6 Å². The minimum absolute atomic E-state index is 0.0718. The highest BCUT2D eigenvalue weighted by Crippen LogP contribution is 2.25. The lowest BCUT2D eigenvalue weighted by Crippen LogP contribution is -2.23. The normalized spacial score (nSPS) is 10.8. The number of carbonyl (C=O) groups excluding carboxylic acids is 1. The summed E-state index contributed by atoms with van der Waals surface area (Å²) < 4.78 is 0. The van der Waals surface area contributed by atoms with E-state index in [0.717, 1.165) is 6.42 Å². The summed E-state index contributed by atoms with van der Waals surface area (Å²) in [6, 6.07) is 8.37. The van der Waals surface area contributed by atoms with Crippen LogP contribution in [0.5, 0.6) is 0 Å². The lowest BCUT2D eigenvalue weighted by molar-refractivity contribution is -0.384. The van der Waals surface area contributed by atoms with E-state index in [1.165, 1.54) is 29.2 Å². The van der Waals surface area contributed by atoms with Crippen LogP contribution in [0.1, 0.15) is 10.4 Å². The van der Waals surface area contributed by atoms with Crippen LogP contribution in [-0.2, 0) is 11.2 Å². The summed E-state index contributed by atoms with van der Waals surface area (Å²) in [5.41, 5.74) is 0.367. The molecule has 1 heterocycles. The maximum atomic E-state index is 11.7. The fourth-order valence-corrected chi connectivity index (χ4v) is 2.66. The number of hydrogen-bond donors (Lipinski definition) is 1. The molecule has 2 aromatic rings. The van der Waals surface area contributed by atoms with Gasteiger partial charge in [-0.25, -0.2) is 0 Å². The SMILES string of the molecule is O=C(/C=C/c1ccc(Cl)c([N+](=O)[O-])c1)NCCc1cccs1.